The lowest BCUT2D eigenvalue weighted by atomic mass is 10.0. The summed E-state index contributed by atoms with van der Waals surface area (Å²) < 4.78 is 0. The molecule has 2 aromatic rings. The SMILES string of the molecule is CNC(=O)c1cccc(CNC(=O)C(NC(=O)c2cccc(C)c2)C(C)C)c1. The van der Waals surface area contributed by atoms with Gasteiger partial charge in [0.25, 0.3) is 11.8 Å². The minimum Gasteiger partial charge on any atom is -0.355 e. The third kappa shape index (κ3) is 5.67. The summed E-state index contributed by atoms with van der Waals surface area (Å²) in [5.41, 5.74) is 2.84. The van der Waals surface area contributed by atoms with E-state index >= 15 is 0 Å². The zero-order valence-electron chi connectivity index (χ0n) is 16.7. The van der Waals surface area contributed by atoms with Crippen molar-refractivity contribution in [3.8, 4) is 0 Å². The molecule has 0 aliphatic rings. The number of rotatable bonds is 7. The summed E-state index contributed by atoms with van der Waals surface area (Å²) in [6.07, 6.45) is 0. The molecule has 0 spiro atoms. The summed E-state index contributed by atoms with van der Waals surface area (Å²) in [5.74, 6) is -0.801. The molecule has 0 bridgehead atoms. The molecule has 6 nitrogen and oxygen atoms in total. The number of benzene rings is 2. The Morgan fingerprint density at radius 3 is 2.18 bits per heavy atom. The van der Waals surface area contributed by atoms with Crippen molar-refractivity contribution in [2.24, 2.45) is 5.92 Å². The molecule has 0 saturated heterocycles. The molecule has 0 aliphatic heterocycles. The first-order valence-electron chi connectivity index (χ1n) is 9.28. The van der Waals surface area contributed by atoms with Crippen LogP contribution in [-0.2, 0) is 11.3 Å². The van der Waals surface area contributed by atoms with E-state index < -0.39 is 6.04 Å². The first-order valence-corrected chi connectivity index (χ1v) is 9.28. The zero-order valence-corrected chi connectivity index (χ0v) is 16.7. The van der Waals surface area contributed by atoms with Gasteiger partial charge in [0.15, 0.2) is 0 Å². The monoisotopic (exact) mass is 381 g/mol. The minimum atomic E-state index is -0.657. The van der Waals surface area contributed by atoms with E-state index in [2.05, 4.69) is 16.0 Å². The maximum absolute atomic E-state index is 12.7. The molecule has 3 amide bonds. The molecule has 6 heteroatoms. The molecular formula is C22H27N3O3. The van der Waals surface area contributed by atoms with Crippen molar-refractivity contribution in [2.45, 2.75) is 33.4 Å². The van der Waals surface area contributed by atoms with E-state index in [0.717, 1.165) is 11.1 Å². The van der Waals surface area contributed by atoms with Crippen LogP contribution in [0.2, 0.25) is 0 Å². The van der Waals surface area contributed by atoms with Gasteiger partial charge in [-0.1, -0.05) is 43.7 Å². The van der Waals surface area contributed by atoms with E-state index in [-0.39, 0.29) is 30.2 Å². The highest BCUT2D eigenvalue weighted by Crippen LogP contribution is 2.09. The van der Waals surface area contributed by atoms with Crippen LogP contribution in [0, 0.1) is 12.8 Å². The quantitative estimate of drug-likeness (QED) is 0.688. The van der Waals surface area contributed by atoms with Crippen LogP contribution in [-0.4, -0.2) is 30.8 Å². The second-order valence-electron chi connectivity index (χ2n) is 7.06. The maximum atomic E-state index is 12.7. The highest BCUT2D eigenvalue weighted by Gasteiger charge is 2.24. The smallest absolute Gasteiger partial charge is 0.251 e. The number of carbonyl (C=O) groups excluding carboxylic acids is 3. The number of hydrogen-bond acceptors (Lipinski definition) is 3. The van der Waals surface area contributed by atoms with Gasteiger partial charge in [-0.2, -0.15) is 0 Å². The van der Waals surface area contributed by atoms with Gasteiger partial charge in [0, 0.05) is 24.7 Å². The molecule has 0 fully saturated rings. The molecule has 2 rings (SSSR count). The van der Waals surface area contributed by atoms with Crippen molar-refractivity contribution < 1.29 is 14.4 Å². The van der Waals surface area contributed by atoms with Crippen LogP contribution >= 0.6 is 0 Å². The molecule has 3 N–H and O–H groups in total. The average Bonchev–Trinajstić information content (AvgIpc) is 2.69. The van der Waals surface area contributed by atoms with Crippen LogP contribution in [0.5, 0.6) is 0 Å². The molecule has 1 unspecified atom stereocenters. The topological polar surface area (TPSA) is 87.3 Å². The summed E-state index contributed by atoms with van der Waals surface area (Å²) >= 11 is 0. The Labute approximate surface area is 165 Å². The van der Waals surface area contributed by atoms with Gasteiger partial charge in [0.05, 0.1) is 0 Å². The maximum Gasteiger partial charge on any atom is 0.251 e. The fourth-order valence-electron chi connectivity index (χ4n) is 2.81. The summed E-state index contributed by atoms with van der Waals surface area (Å²) in [7, 11) is 1.57. The van der Waals surface area contributed by atoms with Gasteiger partial charge in [-0.25, -0.2) is 0 Å². The van der Waals surface area contributed by atoms with Crippen molar-refractivity contribution in [1.29, 1.82) is 0 Å². The van der Waals surface area contributed by atoms with Gasteiger partial charge in [-0.05, 0) is 42.7 Å². The molecule has 28 heavy (non-hydrogen) atoms. The fraction of sp³-hybridized carbons (Fsp3) is 0.318. The standard InChI is InChI=1S/C22H27N3O3/c1-14(2)19(25-21(27)17-9-5-7-15(3)11-17)22(28)24-13-16-8-6-10-18(12-16)20(26)23-4/h5-12,14,19H,13H2,1-4H3,(H,23,26)(H,24,28)(H,25,27). The average molecular weight is 381 g/mol. The van der Waals surface area contributed by atoms with E-state index in [0.29, 0.717) is 11.1 Å². The number of nitrogens with one attached hydrogen (secondary N) is 3. The third-order valence-electron chi connectivity index (χ3n) is 4.40. The van der Waals surface area contributed by atoms with Crippen LogP contribution < -0.4 is 16.0 Å². The molecule has 0 heterocycles. The van der Waals surface area contributed by atoms with Crippen molar-refractivity contribution in [3.05, 3.63) is 70.8 Å². The Kier molecular flexibility index (Phi) is 7.32. The molecule has 0 radical (unpaired) electrons. The van der Waals surface area contributed by atoms with E-state index in [1.807, 2.05) is 39.0 Å². The number of carbonyl (C=O) groups is 3. The number of hydrogen-bond donors (Lipinski definition) is 3. The van der Waals surface area contributed by atoms with E-state index in [4.69, 9.17) is 0 Å². The lowest BCUT2D eigenvalue weighted by molar-refractivity contribution is -0.124. The normalized spacial score (nSPS) is 11.6. The summed E-state index contributed by atoms with van der Waals surface area (Å²) in [5, 5.41) is 8.24. The minimum absolute atomic E-state index is 0.0778. The third-order valence-corrected chi connectivity index (χ3v) is 4.40. The van der Waals surface area contributed by atoms with E-state index in [1.165, 1.54) is 0 Å². The van der Waals surface area contributed by atoms with Crippen LogP contribution in [0.25, 0.3) is 0 Å². The highest BCUT2D eigenvalue weighted by atomic mass is 16.2. The Morgan fingerprint density at radius 1 is 0.929 bits per heavy atom. The molecule has 148 valence electrons. The van der Waals surface area contributed by atoms with Crippen LogP contribution in [0.15, 0.2) is 48.5 Å². The van der Waals surface area contributed by atoms with Crippen LogP contribution in [0.3, 0.4) is 0 Å². The number of aryl methyl sites for hydroxylation is 1. The van der Waals surface area contributed by atoms with E-state index in [9.17, 15) is 14.4 Å². The Balaban J connectivity index is 2.03. The van der Waals surface area contributed by atoms with Gasteiger partial charge in [0.2, 0.25) is 5.91 Å². The predicted octanol–water partition coefficient (Wildman–Crippen LogP) is 2.43. The number of amides is 3. The van der Waals surface area contributed by atoms with E-state index in [1.54, 1.807) is 37.4 Å². The van der Waals surface area contributed by atoms with Gasteiger partial charge in [0.1, 0.15) is 6.04 Å². The largest absolute Gasteiger partial charge is 0.355 e. The summed E-state index contributed by atoms with van der Waals surface area (Å²) in [6, 6.07) is 13.6. The second-order valence-corrected chi connectivity index (χ2v) is 7.06. The molecular weight excluding hydrogens is 354 g/mol. The van der Waals surface area contributed by atoms with Crippen LogP contribution in [0.1, 0.15) is 45.7 Å². The Bertz CT molecular complexity index is 862. The zero-order chi connectivity index (χ0) is 20.7. The molecule has 0 aromatic heterocycles. The fourth-order valence-corrected chi connectivity index (χ4v) is 2.81. The first-order chi connectivity index (χ1) is 13.3. The van der Waals surface area contributed by atoms with Crippen molar-refractivity contribution in [2.75, 3.05) is 7.05 Å². The van der Waals surface area contributed by atoms with Gasteiger partial charge < -0.3 is 16.0 Å². The van der Waals surface area contributed by atoms with Crippen molar-refractivity contribution >= 4 is 17.7 Å². The Hall–Kier alpha value is -3.15. The molecule has 1 atom stereocenters. The first kappa shape index (κ1) is 21.2. The lowest BCUT2D eigenvalue weighted by Crippen LogP contribution is -2.49. The van der Waals surface area contributed by atoms with Gasteiger partial charge in [-0.15, -0.1) is 0 Å². The van der Waals surface area contributed by atoms with Gasteiger partial charge >= 0.3 is 0 Å². The summed E-state index contributed by atoms with van der Waals surface area (Å²) in [6.45, 7) is 5.95. The molecule has 0 saturated carbocycles. The molecule has 2 aromatic carbocycles. The van der Waals surface area contributed by atoms with Crippen LogP contribution in [0.4, 0.5) is 0 Å². The Morgan fingerprint density at radius 2 is 1.57 bits per heavy atom. The highest BCUT2D eigenvalue weighted by molar-refractivity contribution is 5.97. The second kappa shape index (κ2) is 9.69. The van der Waals surface area contributed by atoms with Gasteiger partial charge in [-0.3, -0.25) is 14.4 Å². The predicted molar refractivity (Wildman–Crippen MR) is 109 cm³/mol. The van der Waals surface area contributed by atoms with Crippen molar-refractivity contribution in [1.82, 2.24) is 16.0 Å². The summed E-state index contributed by atoms with van der Waals surface area (Å²) in [4.78, 5) is 36.9. The van der Waals surface area contributed by atoms with Crippen molar-refractivity contribution in [3.63, 3.8) is 0 Å². The lowest BCUT2D eigenvalue weighted by Gasteiger charge is -2.22. The molecule has 0 aliphatic carbocycles.